The van der Waals surface area contributed by atoms with E-state index < -0.39 is 0 Å². The van der Waals surface area contributed by atoms with E-state index in [1.165, 1.54) is 0 Å². The highest BCUT2D eigenvalue weighted by molar-refractivity contribution is 5.56. The molecule has 5 nitrogen and oxygen atoms in total. The van der Waals surface area contributed by atoms with E-state index in [4.69, 9.17) is 20.1 Å². The van der Waals surface area contributed by atoms with E-state index in [1.807, 2.05) is 12.1 Å². The molecule has 5 heteroatoms. The predicted octanol–water partition coefficient (Wildman–Crippen LogP) is 0.857. The van der Waals surface area contributed by atoms with Crippen LogP contribution in [0.3, 0.4) is 0 Å². The predicted molar refractivity (Wildman–Crippen MR) is 53.0 cm³/mol. The van der Waals surface area contributed by atoms with Gasteiger partial charge in [0.15, 0.2) is 11.5 Å². The zero-order valence-corrected chi connectivity index (χ0v) is 8.49. The molecule has 15 heavy (non-hydrogen) atoms. The van der Waals surface area contributed by atoms with Crippen LogP contribution in [0, 0.1) is 0 Å². The van der Waals surface area contributed by atoms with E-state index in [0.29, 0.717) is 30.5 Å². The highest BCUT2D eigenvalue weighted by Gasteiger charge is 2.19. The first kappa shape index (κ1) is 10.1. The van der Waals surface area contributed by atoms with E-state index in [9.17, 15) is 0 Å². The van der Waals surface area contributed by atoms with Crippen LogP contribution < -0.4 is 20.1 Å². The first-order chi connectivity index (χ1) is 7.36. The standard InChI is InChI=1S/C10H13NO4/c1-12-9-7(6-15-11)2-3-8-10(9)14-5-4-13-8/h2-3H,4-6,11H2,1H3. The van der Waals surface area contributed by atoms with Gasteiger partial charge in [-0.05, 0) is 12.1 Å². The molecule has 0 atom stereocenters. The number of fused-ring (bicyclic) bond motifs is 1. The van der Waals surface area contributed by atoms with Crippen LogP contribution in [-0.2, 0) is 11.4 Å². The van der Waals surface area contributed by atoms with Crippen LogP contribution in [0.25, 0.3) is 0 Å². The molecule has 1 aromatic carbocycles. The molecule has 0 saturated carbocycles. The Labute approximate surface area is 87.6 Å². The molecule has 0 bridgehead atoms. The lowest BCUT2D eigenvalue weighted by Crippen LogP contribution is -2.16. The molecule has 0 saturated heterocycles. The molecule has 0 spiro atoms. The van der Waals surface area contributed by atoms with E-state index in [-0.39, 0.29) is 6.61 Å². The maximum absolute atomic E-state index is 5.49. The molecule has 0 aromatic heterocycles. The number of methoxy groups -OCH3 is 1. The average molecular weight is 211 g/mol. The van der Waals surface area contributed by atoms with Gasteiger partial charge in [-0.1, -0.05) is 0 Å². The van der Waals surface area contributed by atoms with Gasteiger partial charge in [-0.2, -0.15) is 0 Å². The summed E-state index contributed by atoms with van der Waals surface area (Å²) in [6.07, 6.45) is 0. The number of benzene rings is 1. The van der Waals surface area contributed by atoms with Crippen molar-refractivity contribution in [3.05, 3.63) is 17.7 Å². The third-order valence-corrected chi connectivity index (χ3v) is 2.19. The summed E-state index contributed by atoms with van der Waals surface area (Å²) in [5, 5.41) is 0. The van der Waals surface area contributed by atoms with Crippen molar-refractivity contribution >= 4 is 0 Å². The van der Waals surface area contributed by atoms with E-state index in [2.05, 4.69) is 4.84 Å². The monoisotopic (exact) mass is 211 g/mol. The Morgan fingerprint density at radius 1 is 1.33 bits per heavy atom. The lowest BCUT2D eigenvalue weighted by atomic mass is 10.1. The molecular formula is C10H13NO4. The molecule has 82 valence electrons. The summed E-state index contributed by atoms with van der Waals surface area (Å²) < 4.78 is 16.2. The Balaban J connectivity index is 2.42. The van der Waals surface area contributed by atoms with Crippen molar-refractivity contribution in [2.24, 2.45) is 5.90 Å². The van der Waals surface area contributed by atoms with Crippen molar-refractivity contribution in [2.75, 3.05) is 20.3 Å². The molecule has 1 heterocycles. The number of hydrogen-bond acceptors (Lipinski definition) is 5. The SMILES string of the molecule is COc1c(CON)ccc2c1OCCO2. The largest absolute Gasteiger partial charge is 0.492 e. The van der Waals surface area contributed by atoms with Crippen molar-refractivity contribution in [1.29, 1.82) is 0 Å². The molecule has 0 fully saturated rings. The molecule has 2 rings (SSSR count). The maximum atomic E-state index is 5.49. The van der Waals surface area contributed by atoms with Gasteiger partial charge in [0.25, 0.3) is 0 Å². The zero-order chi connectivity index (χ0) is 10.7. The fourth-order valence-corrected chi connectivity index (χ4v) is 1.56. The lowest BCUT2D eigenvalue weighted by Gasteiger charge is -2.21. The highest BCUT2D eigenvalue weighted by Crippen LogP contribution is 2.41. The summed E-state index contributed by atoms with van der Waals surface area (Å²) in [7, 11) is 1.58. The number of nitrogens with two attached hydrogens (primary N) is 1. The normalized spacial score (nSPS) is 13.7. The minimum atomic E-state index is 0.278. The second-order valence-electron chi connectivity index (χ2n) is 3.09. The van der Waals surface area contributed by atoms with Gasteiger partial charge in [-0.15, -0.1) is 0 Å². The molecule has 1 aliphatic rings. The van der Waals surface area contributed by atoms with Gasteiger partial charge in [0, 0.05) is 5.56 Å². The summed E-state index contributed by atoms with van der Waals surface area (Å²) in [4.78, 5) is 4.59. The number of hydrogen-bond donors (Lipinski definition) is 1. The van der Waals surface area contributed by atoms with Gasteiger partial charge in [0.2, 0.25) is 5.75 Å². The Kier molecular flexibility index (Phi) is 2.94. The molecule has 0 amide bonds. The van der Waals surface area contributed by atoms with Crippen LogP contribution in [-0.4, -0.2) is 20.3 Å². The summed E-state index contributed by atoms with van der Waals surface area (Å²) in [5.41, 5.74) is 0.837. The topological polar surface area (TPSA) is 62.9 Å². The van der Waals surface area contributed by atoms with Gasteiger partial charge in [-0.25, -0.2) is 5.90 Å². The van der Waals surface area contributed by atoms with Crippen molar-refractivity contribution in [3.8, 4) is 17.2 Å². The highest BCUT2D eigenvalue weighted by atomic mass is 16.6. The molecule has 2 N–H and O–H groups in total. The molecular weight excluding hydrogens is 198 g/mol. The Morgan fingerprint density at radius 3 is 2.87 bits per heavy atom. The van der Waals surface area contributed by atoms with Crippen LogP contribution in [0.2, 0.25) is 0 Å². The summed E-state index contributed by atoms with van der Waals surface area (Å²) in [5.74, 6) is 6.97. The minimum Gasteiger partial charge on any atom is -0.492 e. The van der Waals surface area contributed by atoms with Crippen LogP contribution in [0.15, 0.2) is 12.1 Å². The quantitative estimate of drug-likeness (QED) is 0.751. The first-order valence-corrected chi connectivity index (χ1v) is 4.64. The maximum Gasteiger partial charge on any atom is 0.204 e. The Morgan fingerprint density at radius 2 is 2.13 bits per heavy atom. The van der Waals surface area contributed by atoms with Crippen LogP contribution >= 0.6 is 0 Å². The smallest absolute Gasteiger partial charge is 0.204 e. The summed E-state index contributed by atoms with van der Waals surface area (Å²) in [6.45, 7) is 1.36. The van der Waals surface area contributed by atoms with Crippen LogP contribution in [0.5, 0.6) is 17.2 Å². The van der Waals surface area contributed by atoms with Crippen LogP contribution in [0.1, 0.15) is 5.56 Å². The van der Waals surface area contributed by atoms with Gasteiger partial charge < -0.3 is 14.2 Å². The molecule has 1 aromatic rings. The number of ether oxygens (including phenoxy) is 3. The molecule has 0 aliphatic carbocycles. The molecule has 0 unspecified atom stereocenters. The second-order valence-corrected chi connectivity index (χ2v) is 3.09. The second kappa shape index (κ2) is 4.37. The fourth-order valence-electron chi connectivity index (χ4n) is 1.56. The Hall–Kier alpha value is -1.46. The van der Waals surface area contributed by atoms with Crippen molar-refractivity contribution in [3.63, 3.8) is 0 Å². The summed E-state index contributed by atoms with van der Waals surface area (Å²) in [6, 6.07) is 3.67. The zero-order valence-electron chi connectivity index (χ0n) is 8.49. The van der Waals surface area contributed by atoms with E-state index >= 15 is 0 Å². The van der Waals surface area contributed by atoms with Crippen molar-refractivity contribution < 1.29 is 19.0 Å². The van der Waals surface area contributed by atoms with Crippen molar-refractivity contribution in [2.45, 2.75) is 6.61 Å². The van der Waals surface area contributed by atoms with Crippen molar-refractivity contribution in [1.82, 2.24) is 0 Å². The first-order valence-electron chi connectivity index (χ1n) is 4.64. The van der Waals surface area contributed by atoms with Gasteiger partial charge in [0.1, 0.15) is 13.2 Å². The molecule has 0 radical (unpaired) electrons. The van der Waals surface area contributed by atoms with Crippen LogP contribution in [0.4, 0.5) is 0 Å². The van der Waals surface area contributed by atoms with E-state index in [0.717, 1.165) is 5.56 Å². The fraction of sp³-hybridized carbons (Fsp3) is 0.400. The van der Waals surface area contributed by atoms with Gasteiger partial charge >= 0.3 is 0 Å². The molecule has 1 aliphatic heterocycles. The van der Waals surface area contributed by atoms with E-state index in [1.54, 1.807) is 7.11 Å². The third-order valence-electron chi connectivity index (χ3n) is 2.19. The number of rotatable bonds is 3. The third kappa shape index (κ3) is 1.84. The Bertz CT molecular complexity index is 354. The van der Waals surface area contributed by atoms with Gasteiger partial charge in [0.05, 0.1) is 13.7 Å². The summed E-state index contributed by atoms with van der Waals surface area (Å²) >= 11 is 0. The lowest BCUT2D eigenvalue weighted by molar-refractivity contribution is 0.119. The van der Waals surface area contributed by atoms with Gasteiger partial charge in [-0.3, -0.25) is 4.84 Å². The average Bonchev–Trinajstić information content (AvgIpc) is 2.29. The minimum absolute atomic E-state index is 0.278.